The highest BCUT2D eigenvalue weighted by molar-refractivity contribution is 7.07. The van der Waals surface area contributed by atoms with Crippen LogP contribution in [-0.2, 0) is 6.42 Å². The minimum absolute atomic E-state index is 0.783. The number of rotatable bonds is 6. The SMILES string of the molecule is NCCCNCCc1ccsc1. The molecule has 1 aromatic rings. The molecular formula is C9H16N2S. The summed E-state index contributed by atoms with van der Waals surface area (Å²) in [6.07, 6.45) is 2.21. The number of nitrogens with two attached hydrogens (primary N) is 1. The van der Waals surface area contributed by atoms with Gasteiger partial charge in [0, 0.05) is 0 Å². The summed E-state index contributed by atoms with van der Waals surface area (Å²) in [6, 6.07) is 2.18. The van der Waals surface area contributed by atoms with Gasteiger partial charge in [-0.05, 0) is 54.9 Å². The van der Waals surface area contributed by atoms with Crippen molar-refractivity contribution < 1.29 is 0 Å². The zero-order valence-corrected chi connectivity index (χ0v) is 8.07. The van der Waals surface area contributed by atoms with Gasteiger partial charge in [0.05, 0.1) is 0 Å². The van der Waals surface area contributed by atoms with Gasteiger partial charge in [-0.2, -0.15) is 11.3 Å². The molecule has 3 heteroatoms. The van der Waals surface area contributed by atoms with Crippen LogP contribution >= 0.6 is 11.3 Å². The summed E-state index contributed by atoms with van der Waals surface area (Å²) in [5, 5.41) is 7.67. The molecule has 12 heavy (non-hydrogen) atoms. The Morgan fingerprint density at radius 2 is 2.33 bits per heavy atom. The molecule has 1 heterocycles. The van der Waals surface area contributed by atoms with E-state index in [2.05, 4.69) is 22.1 Å². The van der Waals surface area contributed by atoms with E-state index in [4.69, 9.17) is 5.73 Å². The third-order valence-corrected chi connectivity index (χ3v) is 2.46. The van der Waals surface area contributed by atoms with E-state index in [1.165, 1.54) is 5.56 Å². The lowest BCUT2D eigenvalue weighted by molar-refractivity contribution is 0.654. The van der Waals surface area contributed by atoms with Crippen molar-refractivity contribution in [2.45, 2.75) is 12.8 Å². The van der Waals surface area contributed by atoms with Gasteiger partial charge in [0.15, 0.2) is 0 Å². The van der Waals surface area contributed by atoms with Crippen molar-refractivity contribution in [1.82, 2.24) is 5.32 Å². The number of nitrogens with one attached hydrogen (secondary N) is 1. The second-order valence-electron chi connectivity index (χ2n) is 2.77. The smallest absolute Gasteiger partial charge is 0.000805 e. The van der Waals surface area contributed by atoms with E-state index < -0.39 is 0 Å². The van der Waals surface area contributed by atoms with E-state index in [1.54, 1.807) is 11.3 Å². The zero-order chi connectivity index (χ0) is 8.65. The standard InChI is InChI=1S/C9H16N2S/c10-4-1-5-11-6-2-9-3-7-12-8-9/h3,7-8,11H,1-2,4-6,10H2. The summed E-state index contributed by atoms with van der Waals surface area (Å²) >= 11 is 1.76. The molecule has 0 amide bonds. The molecule has 1 aromatic heterocycles. The Balaban J connectivity index is 1.96. The molecule has 0 aliphatic carbocycles. The highest BCUT2D eigenvalue weighted by Gasteiger charge is 1.91. The first kappa shape index (κ1) is 9.71. The highest BCUT2D eigenvalue weighted by atomic mass is 32.1. The molecule has 0 radical (unpaired) electrons. The summed E-state index contributed by atoms with van der Waals surface area (Å²) in [6.45, 7) is 2.89. The van der Waals surface area contributed by atoms with Crippen LogP contribution < -0.4 is 11.1 Å². The van der Waals surface area contributed by atoms with Crippen LogP contribution in [0.3, 0.4) is 0 Å². The average Bonchev–Trinajstić information content (AvgIpc) is 2.57. The molecule has 0 aliphatic heterocycles. The molecule has 0 saturated heterocycles. The Bertz CT molecular complexity index is 184. The molecule has 0 aromatic carbocycles. The maximum Gasteiger partial charge on any atom is -0.000805 e. The van der Waals surface area contributed by atoms with Crippen LogP contribution in [0.5, 0.6) is 0 Å². The topological polar surface area (TPSA) is 38.0 Å². The van der Waals surface area contributed by atoms with Crippen LogP contribution in [0.25, 0.3) is 0 Å². The lowest BCUT2D eigenvalue weighted by atomic mass is 10.2. The van der Waals surface area contributed by atoms with E-state index in [-0.39, 0.29) is 0 Å². The van der Waals surface area contributed by atoms with Crippen LogP contribution in [0.4, 0.5) is 0 Å². The third kappa shape index (κ3) is 3.85. The summed E-state index contributed by atoms with van der Waals surface area (Å²) in [7, 11) is 0. The van der Waals surface area contributed by atoms with E-state index in [0.29, 0.717) is 0 Å². The molecule has 0 fully saturated rings. The second kappa shape index (κ2) is 6.17. The van der Waals surface area contributed by atoms with Gasteiger partial charge in [0.25, 0.3) is 0 Å². The van der Waals surface area contributed by atoms with Crippen molar-refractivity contribution in [3.05, 3.63) is 22.4 Å². The summed E-state index contributed by atoms with van der Waals surface area (Å²) in [5.74, 6) is 0. The first-order valence-electron chi connectivity index (χ1n) is 4.35. The summed E-state index contributed by atoms with van der Waals surface area (Å²) in [5.41, 5.74) is 6.80. The van der Waals surface area contributed by atoms with Crippen LogP contribution in [0.15, 0.2) is 16.8 Å². The molecule has 1 rings (SSSR count). The van der Waals surface area contributed by atoms with Crippen molar-refractivity contribution in [3.8, 4) is 0 Å². The van der Waals surface area contributed by atoms with E-state index in [0.717, 1.165) is 32.5 Å². The Morgan fingerprint density at radius 3 is 3.00 bits per heavy atom. The predicted molar refractivity (Wildman–Crippen MR) is 54.6 cm³/mol. The van der Waals surface area contributed by atoms with Gasteiger partial charge in [-0.3, -0.25) is 0 Å². The first-order valence-corrected chi connectivity index (χ1v) is 5.29. The minimum Gasteiger partial charge on any atom is -0.330 e. The molecule has 0 unspecified atom stereocenters. The normalized spacial score (nSPS) is 10.4. The molecule has 2 nitrogen and oxygen atoms in total. The maximum absolute atomic E-state index is 5.37. The van der Waals surface area contributed by atoms with Crippen LogP contribution in [0.1, 0.15) is 12.0 Å². The van der Waals surface area contributed by atoms with Crippen LogP contribution in [0.2, 0.25) is 0 Å². The van der Waals surface area contributed by atoms with Gasteiger partial charge >= 0.3 is 0 Å². The lowest BCUT2D eigenvalue weighted by Crippen LogP contribution is -2.20. The maximum atomic E-state index is 5.37. The highest BCUT2D eigenvalue weighted by Crippen LogP contribution is 2.05. The minimum atomic E-state index is 0.783. The van der Waals surface area contributed by atoms with Gasteiger partial charge in [0.1, 0.15) is 0 Å². The first-order chi connectivity index (χ1) is 5.93. The molecule has 0 atom stereocenters. The van der Waals surface area contributed by atoms with Crippen molar-refractivity contribution in [2.75, 3.05) is 19.6 Å². The van der Waals surface area contributed by atoms with Crippen LogP contribution in [0, 0.1) is 0 Å². The fourth-order valence-electron chi connectivity index (χ4n) is 1.02. The lowest BCUT2D eigenvalue weighted by Gasteiger charge is -2.01. The Labute approximate surface area is 77.8 Å². The second-order valence-corrected chi connectivity index (χ2v) is 3.55. The van der Waals surface area contributed by atoms with Crippen molar-refractivity contribution in [3.63, 3.8) is 0 Å². The van der Waals surface area contributed by atoms with Gasteiger partial charge in [0.2, 0.25) is 0 Å². The number of hydrogen-bond donors (Lipinski definition) is 2. The van der Waals surface area contributed by atoms with E-state index in [1.807, 2.05) is 0 Å². The van der Waals surface area contributed by atoms with Gasteiger partial charge in [-0.15, -0.1) is 0 Å². The quantitative estimate of drug-likeness (QED) is 0.653. The van der Waals surface area contributed by atoms with Crippen LogP contribution in [-0.4, -0.2) is 19.6 Å². The van der Waals surface area contributed by atoms with E-state index >= 15 is 0 Å². The average molecular weight is 184 g/mol. The molecule has 0 bridgehead atoms. The Morgan fingerprint density at radius 1 is 1.42 bits per heavy atom. The summed E-state index contributed by atoms with van der Waals surface area (Å²) in [4.78, 5) is 0. The van der Waals surface area contributed by atoms with Crippen molar-refractivity contribution in [1.29, 1.82) is 0 Å². The van der Waals surface area contributed by atoms with Crippen molar-refractivity contribution in [2.24, 2.45) is 5.73 Å². The Hall–Kier alpha value is -0.380. The van der Waals surface area contributed by atoms with Gasteiger partial charge in [-0.1, -0.05) is 0 Å². The predicted octanol–water partition coefficient (Wildman–Crippen LogP) is 1.23. The number of hydrogen-bond acceptors (Lipinski definition) is 3. The van der Waals surface area contributed by atoms with Crippen molar-refractivity contribution >= 4 is 11.3 Å². The van der Waals surface area contributed by atoms with E-state index in [9.17, 15) is 0 Å². The summed E-state index contributed by atoms with van der Waals surface area (Å²) < 4.78 is 0. The van der Waals surface area contributed by atoms with Gasteiger partial charge < -0.3 is 11.1 Å². The molecule has 0 aliphatic rings. The largest absolute Gasteiger partial charge is 0.330 e. The third-order valence-electron chi connectivity index (χ3n) is 1.73. The Kier molecular flexibility index (Phi) is 4.99. The fourth-order valence-corrected chi connectivity index (χ4v) is 1.72. The number of thiophene rings is 1. The molecule has 68 valence electrons. The zero-order valence-electron chi connectivity index (χ0n) is 7.25. The van der Waals surface area contributed by atoms with Gasteiger partial charge in [-0.25, -0.2) is 0 Å². The fraction of sp³-hybridized carbons (Fsp3) is 0.556. The molecule has 0 spiro atoms. The monoisotopic (exact) mass is 184 g/mol. The molecule has 3 N–H and O–H groups in total. The molecular weight excluding hydrogens is 168 g/mol. The molecule has 0 saturated carbocycles.